The maximum Gasteiger partial charge on any atom is 0.255 e. The number of hydrogen-bond acceptors (Lipinski definition) is 4. The summed E-state index contributed by atoms with van der Waals surface area (Å²) in [6.07, 6.45) is 5.92. The molecular weight excluding hydrogens is 268 g/mol. The van der Waals surface area contributed by atoms with Crippen molar-refractivity contribution in [2.24, 2.45) is 5.92 Å². The van der Waals surface area contributed by atoms with E-state index in [1.54, 1.807) is 12.3 Å². The van der Waals surface area contributed by atoms with Crippen LogP contribution >= 0.6 is 0 Å². The Morgan fingerprint density at radius 2 is 2.05 bits per heavy atom. The molecule has 0 spiro atoms. The van der Waals surface area contributed by atoms with Gasteiger partial charge in [-0.1, -0.05) is 0 Å². The smallest absolute Gasteiger partial charge is 0.255 e. The lowest BCUT2D eigenvalue weighted by atomic mass is 10.0. The van der Waals surface area contributed by atoms with Gasteiger partial charge in [-0.2, -0.15) is 0 Å². The first-order valence-electron chi connectivity index (χ1n) is 7.79. The summed E-state index contributed by atoms with van der Waals surface area (Å²) in [5.41, 5.74) is 0.648. The van der Waals surface area contributed by atoms with Gasteiger partial charge in [-0.3, -0.25) is 4.79 Å². The van der Waals surface area contributed by atoms with Gasteiger partial charge in [0.05, 0.1) is 12.2 Å². The van der Waals surface area contributed by atoms with Crippen LogP contribution in [0.15, 0.2) is 18.3 Å². The summed E-state index contributed by atoms with van der Waals surface area (Å²) in [6, 6.07) is 3.61. The van der Waals surface area contributed by atoms with E-state index in [-0.39, 0.29) is 5.91 Å². The van der Waals surface area contributed by atoms with Gasteiger partial charge in [-0.05, 0) is 37.7 Å². The summed E-state index contributed by atoms with van der Waals surface area (Å²) in [4.78, 5) is 18.3. The highest BCUT2D eigenvalue weighted by Gasteiger charge is 2.20. The first kappa shape index (κ1) is 14.3. The van der Waals surface area contributed by atoms with Crippen LogP contribution in [-0.2, 0) is 4.74 Å². The molecule has 5 heteroatoms. The summed E-state index contributed by atoms with van der Waals surface area (Å²) in [7, 11) is 0. The highest BCUT2D eigenvalue weighted by Crippen LogP contribution is 2.18. The molecule has 21 heavy (non-hydrogen) atoms. The second-order valence-corrected chi connectivity index (χ2v) is 5.75. The SMILES string of the molecule is O=C(c1ccc(OCC2CCOCC2)nc1)N1CCCC1. The number of ether oxygens (including phenoxy) is 2. The topological polar surface area (TPSA) is 51.7 Å². The van der Waals surface area contributed by atoms with E-state index >= 15 is 0 Å². The van der Waals surface area contributed by atoms with Crippen LogP contribution in [-0.4, -0.2) is 48.7 Å². The third kappa shape index (κ3) is 3.73. The number of likely N-dealkylation sites (tertiary alicyclic amines) is 1. The monoisotopic (exact) mass is 290 g/mol. The molecule has 0 atom stereocenters. The fourth-order valence-electron chi connectivity index (χ4n) is 2.81. The zero-order valence-corrected chi connectivity index (χ0v) is 12.3. The predicted molar refractivity (Wildman–Crippen MR) is 78.4 cm³/mol. The fraction of sp³-hybridized carbons (Fsp3) is 0.625. The van der Waals surface area contributed by atoms with E-state index in [4.69, 9.17) is 9.47 Å². The molecule has 0 aromatic carbocycles. The van der Waals surface area contributed by atoms with E-state index in [2.05, 4.69) is 4.98 Å². The van der Waals surface area contributed by atoms with Gasteiger partial charge in [0.15, 0.2) is 0 Å². The minimum Gasteiger partial charge on any atom is -0.477 e. The molecule has 2 fully saturated rings. The minimum atomic E-state index is 0.0796. The maximum absolute atomic E-state index is 12.2. The van der Waals surface area contributed by atoms with Crippen LogP contribution in [0.5, 0.6) is 5.88 Å². The molecule has 3 heterocycles. The fourth-order valence-corrected chi connectivity index (χ4v) is 2.81. The average molecular weight is 290 g/mol. The third-order valence-corrected chi connectivity index (χ3v) is 4.18. The van der Waals surface area contributed by atoms with Crippen molar-refractivity contribution in [3.05, 3.63) is 23.9 Å². The number of amides is 1. The lowest BCUT2D eigenvalue weighted by Crippen LogP contribution is -2.27. The average Bonchev–Trinajstić information content (AvgIpc) is 3.08. The third-order valence-electron chi connectivity index (χ3n) is 4.18. The Balaban J connectivity index is 1.52. The largest absolute Gasteiger partial charge is 0.477 e. The highest BCUT2D eigenvalue weighted by atomic mass is 16.5. The number of nitrogens with zero attached hydrogens (tertiary/aromatic N) is 2. The summed E-state index contributed by atoms with van der Waals surface area (Å²) in [6.45, 7) is 4.05. The molecule has 5 nitrogen and oxygen atoms in total. The molecule has 1 aromatic heterocycles. The minimum absolute atomic E-state index is 0.0796. The molecule has 2 aliphatic rings. The molecule has 2 saturated heterocycles. The van der Waals surface area contributed by atoms with Crippen LogP contribution in [0, 0.1) is 5.92 Å². The molecule has 1 aromatic rings. The summed E-state index contributed by atoms with van der Waals surface area (Å²) < 4.78 is 11.0. The van der Waals surface area contributed by atoms with Gasteiger partial charge in [0.1, 0.15) is 0 Å². The van der Waals surface area contributed by atoms with Crippen molar-refractivity contribution in [1.82, 2.24) is 9.88 Å². The normalized spacial score (nSPS) is 19.7. The second kappa shape index (κ2) is 6.89. The van der Waals surface area contributed by atoms with Crippen LogP contribution in [0.4, 0.5) is 0 Å². The highest BCUT2D eigenvalue weighted by molar-refractivity contribution is 5.94. The molecule has 0 saturated carbocycles. The van der Waals surface area contributed by atoms with Gasteiger partial charge in [0.25, 0.3) is 5.91 Å². The summed E-state index contributed by atoms with van der Waals surface area (Å²) in [5.74, 6) is 1.22. The zero-order valence-electron chi connectivity index (χ0n) is 12.3. The van der Waals surface area contributed by atoms with Gasteiger partial charge in [-0.25, -0.2) is 4.98 Å². The number of pyridine rings is 1. The van der Waals surface area contributed by atoms with Crippen LogP contribution in [0.3, 0.4) is 0 Å². The van der Waals surface area contributed by atoms with Crippen molar-refractivity contribution in [1.29, 1.82) is 0 Å². The summed E-state index contributed by atoms with van der Waals surface area (Å²) >= 11 is 0. The van der Waals surface area contributed by atoms with Crippen LogP contribution in [0.1, 0.15) is 36.0 Å². The summed E-state index contributed by atoms with van der Waals surface area (Å²) in [5, 5.41) is 0. The van der Waals surface area contributed by atoms with E-state index in [1.165, 1.54) is 0 Å². The van der Waals surface area contributed by atoms with Gasteiger partial charge in [0.2, 0.25) is 5.88 Å². The van der Waals surface area contributed by atoms with Crippen LogP contribution < -0.4 is 4.74 Å². The Hall–Kier alpha value is -1.62. The van der Waals surface area contributed by atoms with Gasteiger partial charge >= 0.3 is 0 Å². The van der Waals surface area contributed by atoms with E-state index in [0.717, 1.165) is 52.0 Å². The Labute approximate surface area is 125 Å². The number of aromatic nitrogens is 1. The first-order valence-corrected chi connectivity index (χ1v) is 7.79. The molecule has 3 rings (SSSR count). The lowest BCUT2D eigenvalue weighted by Gasteiger charge is -2.21. The van der Waals surface area contributed by atoms with Crippen molar-refractivity contribution < 1.29 is 14.3 Å². The molecule has 0 N–H and O–H groups in total. The van der Waals surface area contributed by atoms with E-state index in [0.29, 0.717) is 24.0 Å². The lowest BCUT2D eigenvalue weighted by molar-refractivity contribution is 0.0490. The molecule has 2 aliphatic heterocycles. The standard InChI is InChI=1S/C16H22N2O3/c19-16(18-7-1-2-8-18)14-3-4-15(17-11-14)21-12-13-5-9-20-10-6-13/h3-4,11,13H,1-2,5-10,12H2. The van der Waals surface area contributed by atoms with Crippen molar-refractivity contribution in [3.63, 3.8) is 0 Å². The Kier molecular flexibility index (Phi) is 4.70. The van der Waals surface area contributed by atoms with Crippen molar-refractivity contribution in [3.8, 4) is 5.88 Å². The van der Waals surface area contributed by atoms with Gasteiger partial charge < -0.3 is 14.4 Å². The number of hydrogen-bond donors (Lipinski definition) is 0. The maximum atomic E-state index is 12.2. The van der Waals surface area contributed by atoms with Crippen molar-refractivity contribution in [2.75, 3.05) is 32.9 Å². The van der Waals surface area contributed by atoms with Crippen molar-refractivity contribution >= 4 is 5.91 Å². The Morgan fingerprint density at radius 1 is 1.29 bits per heavy atom. The number of carbonyl (C=O) groups is 1. The molecule has 0 aliphatic carbocycles. The molecular formula is C16H22N2O3. The van der Waals surface area contributed by atoms with Crippen molar-refractivity contribution in [2.45, 2.75) is 25.7 Å². The molecule has 0 radical (unpaired) electrons. The second-order valence-electron chi connectivity index (χ2n) is 5.75. The Bertz CT molecular complexity index is 463. The number of rotatable bonds is 4. The van der Waals surface area contributed by atoms with Gasteiger partial charge in [0, 0.05) is 38.6 Å². The molecule has 114 valence electrons. The Morgan fingerprint density at radius 3 is 2.71 bits per heavy atom. The number of carbonyl (C=O) groups excluding carboxylic acids is 1. The zero-order chi connectivity index (χ0) is 14.5. The quantitative estimate of drug-likeness (QED) is 0.852. The first-order chi connectivity index (χ1) is 10.3. The van der Waals surface area contributed by atoms with E-state index < -0.39 is 0 Å². The van der Waals surface area contributed by atoms with E-state index in [9.17, 15) is 4.79 Å². The molecule has 0 unspecified atom stereocenters. The molecule has 0 bridgehead atoms. The van der Waals surface area contributed by atoms with E-state index in [1.807, 2.05) is 11.0 Å². The van der Waals surface area contributed by atoms with Crippen LogP contribution in [0.2, 0.25) is 0 Å². The van der Waals surface area contributed by atoms with Gasteiger partial charge in [-0.15, -0.1) is 0 Å². The predicted octanol–water partition coefficient (Wildman–Crippen LogP) is 2.12. The molecule has 1 amide bonds. The van der Waals surface area contributed by atoms with Crippen LogP contribution in [0.25, 0.3) is 0 Å².